The molecule has 2 aliphatic rings. The summed E-state index contributed by atoms with van der Waals surface area (Å²) in [6.45, 7) is 7.23. The summed E-state index contributed by atoms with van der Waals surface area (Å²) in [7, 11) is 0. The lowest BCUT2D eigenvalue weighted by Crippen LogP contribution is -2.50. The van der Waals surface area contributed by atoms with Crippen molar-refractivity contribution in [2.75, 3.05) is 26.2 Å². The SMILES string of the molecule is CC1CN(C(=O)c2ccc(CNC(=O)C3CNC3)cc2)CC(C)O1. The molecule has 2 atom stereocenters. The number of carbonyl (C=O) groups is 2. The van der Waals surface area contributed by atoms with Crippen LogP contribution in [-0.2, 0) is 16.1 Å². The Hall–Kier alpha value is -1.92. The number of rotatable bonds is 4. The fourth-order valence-electron chi connectivity index (χ4n) is 3.10. The summed E-state index contributed by atoms with van der Waals surface area (Å²) in [5.74, 6) is 0.217. The quantitative estimate of drug-likeness (QED) is 0.855. The van der Waals surface area contributed by atoms with E-state index in [9.17, 15) is 9.59 Å². The van der Waals surface area contributed by atoms with Crippen molar-refractivity contribution in [2.24, 2.45) is 5.92 Å². The number of morpholine rings is 1. The molecule has 2 N–H and O–H groups in total. The van der Waals surface area contributed by atoms with E-state index in [0.717, 1.165) is 18.7 Å². The molecular formula is C18H25N3O3. The molecule has 0 saturated carbocycles. The zero-order chi connectivity index (χ0) is 17.1. The van der Waals surface area contributed by atoms with Crippen molar-refractivity contribution in [1.82, 2.24) is 15.5 Å². The van der Waals surface area contributed by atoms with Crippen LogP contribution in [0, 0.1) is 5.92 Å². The van der Waals surface area contributed by atoms with Crippen molar-refractivity contribution in [3.8, 4) is 0 Å². The molecule has 6 heteroatoms. The number of hydrogen-bond acceptors (Lipinski definition) is 4. The van der Waals surface area contributed by atoms with Gasteiger partial charge in [-0.05, 0) is 31.5 Å². The summed E-state index contributed by atoms with van der Waals surface area (Å²) in [4.78, 5) is 26.3. The summed E-state index contributed by atoms with van der Waals surface area (Å²) in [6, 6.07) is 7.47. The summed E-state index contributed by atoms with van der Waals surface area (Å²) in [6.07, 6.45) is 0.126. The van der Waals surface area contributed by atoms with Crippen LogP contribution in [0.2, 0.25) is 0 Å². The van der Waals surface area contributed by atoms with Gasteiger partial charge in [0.1, 0.15) is 0 Å². The number of benzene rings is 1. The minimum absolute atomic E-state index is 0.0353. The van der Waals surface area contributed by atoms with Gasteiger partial charge in [0.25, 0.3) is 5.91 Å². The average Bonchev–Trinajstić information content (AvgIpc) is 2.50. The lowest BCUT2D eigenvalue weighted by Gasteiger charge is -2.35. The van der Waals surface area contributed by atoms with Gasteiger partial charge < -0.3 is 20.3 Å². The molecule has 6 nitrogen and oxygen atoms in total. The molecule has 0 radical (unpaired) electrons. The van der Waals surface area contributed by atoms with Gasteiger partial charge in [-0.25, -0.2) is 0 Å². The maximum Gasteiger partial charge on any atom is 0.254 e. The Morgan fingerprint density at radius 3 is 2.33 bits per heavy atom. The molecular weight excluding hydrogens is 306 g/mol. The second-order valence-corrected chi connectivity index (χ2v) is 6.74. The molecule has 130 valence electrons. The number of nitrogens with one attached hydrogen (secondary N) is 2. The second-order valence-electron chi connectivity index (χ2n) is 6.74. The van der Waals surface area contributed by atoms with E-state index in [1.807, 2.05) is 43.0 Å². The molecule has 0 spiro atoms. The van der Waals surface area contributed by atoms with Crippen LogP contribution < -0.4 is 10.6 Å². The molecule has 3 rings (SSSR count). The molecule has 24 heavy (non-hydrogen) atoms. The topological polar surface area (TPSA) is 70.7 Å². The van der Waals surface area contributed by atoms with E-state index in [2.05, 4.69) is 10.6 Å². The Morgan fingerprint density at radius 1 is 1.17 bits per heavy atom. The Labute approximate surface area is 142 Å². The van der Waals surface area contributed by atoms with Gasteiger partial charge in [-0.2, -0.15) is 0 Å². The van der Waals surface area contributed by atoms with E-state index in [1.165, 1.54) is 0 Å². The first-order valence-corrected chi connectivity index (χ1v) is 8.55. The number of ether oxygens (including phenoxy) is 1. The molecule has 0 aliphatic carbocycles. The largest absolute Gasteiger partial charge is 0.372 e. The first-order valence-electron chi connectivity index (χ1n) is 8.55. The highest BCUT2D eigenvalue weighted by molar-refractivity contribution is 5.94. The molecule has 0 aromatic heterocycles. The van der Waals surface area contributed by atoms with E-state index < -0.39 is 0 Å². The highest BCUT2D eigenvalue weighted by Gasteiger charge is 2.27. The lowest BCUT2D eigenvalue weighted by molar-refractivity contribution is -0.126. The third-order valence-corrected chi connectivity index (χ3v) is 4.53. The Balaban J connectivity index is 1.55. The maximum absolute atomic E-state index is 12.6. The molecule has 1 aromatic carbocycles. The van der Waals surface area contributed by atoms with Crippen molar-refractivity contribution < 1.29 is 14.3 Å². The van der Waals surface area contributed by atoms with Gasteiger partial charge in [0.15, 0.2) is 0 Å². The monoisotopic (exact) mass is 331 g/mol. The predicted molar refractivity (Wildman–Crippen MR) is 90.6 cm³/mol. The first kappa shape index (κ1) is 16.9. The van der Waals surface area contributed by atoms with Crippen molar-refractivity contribution in [3.05, 3.63) is 35.4 Å². The van der Waals surface area contributed by atoms with Gasteiger partial charge in [-0.15, -0.1) is 0 Å². The summed E-state index contributed by atoms with van der Waals surface area (Å²) in [5, 5.41) is 6.02. The second kappa shape index (κ2) is 7.32. The van der Waals surface area contributed by atoms with E-state index in [-0.39, 0.29) is 29.9 Å². The highest BCUT2D eigenvalue weighted by Crippen LogP contribution is 2.15. The summed E-state index contributed by atoms with van der Waals surface area (Å²) in [5.41, 5.74) is 1.67. The minimum Gasteiger partial charge on any atom is -0.372 e. The average molecular weight is 331 g/mol. The standard InChI is InChI=1S/C18H25N3O3/c1-12-10-21(11-13(2)24-12)18(23)15-5-3-14(4-6-15)7-20-17(22)16-8-19-9-16/h3-6,12-13,16,19H,7-11H2,1-2H3,(H,20,22). The number of amides is 2. The van der Waals surface area contributed by atoms with Crippen LogP contribution in [0.3, 0.4) is 0 Å². The normalized spacial score (nSPS) is 24.3. The van der Waals surface area contributed by atoms with Crippen molar-refractivity contribution >= 4 is 11.8 Å². The molecule has 0 bridgehead atoms. The molecule has 2 amide bonds. The van der Waals surface area contributed by atoms with Crippen LogP contribution in [0.4, 0.5) is 0 Å². The van der Waals surface area contributed by atoms with Crippen LogP contribution in [0.5, 0.6) is 0 Å². The molecule has 2 saturated heterocycles. The molecule has 2 fully saturated rings. The minimum atomic E-state index is 0.0353. The van der Waals surface area contributed by atoms with Gasteiger partial charge in [0.05, 0.1) is 18.1 Å². The maximum atomic E-state index is 12.6. The third kappa shape index (κ3) is 3.94. The molecule has 2 aliphatic heterocycles. The molecule has 2 heterocycles. The van der Waals surface area contributed by atoms with E-state index in [1.54, 1.807) is 0 Å². The molecule has 1 aromatic rings. The van der Waals surface area contributed by atoms with E-state index in [0.29, 0.717) is 25.2 Å². The number of hydrogen-bond donors (Lipinski definition) is 2. The van der Waals surface area contributed by atoms with Crippen molar-refractivity contribution in [3.63, 3.8) is 0 Å². The van der Waals surface area contributed by atoms with Gasteiger partial charge >= 0.3 is 0 Å². The molecule has 2 unspecified atom stereocenters. The lowest BCUT2D eigenvalue weighted by atomic mass is 10.0. The van der Waals surface area contributed by atoms with Crippen LogP contribution in [0.1, 0.15) is 29.8 Å². The van der Waals surface area contributed by atoms with Gasteiger partial charge in [-0.3, -0.25) is 9.59 Å². The van der Waals surface area contributed by atoms with Gasteiger partial charge in [-0.1, -0.05) is 12.1 Å². The van der Waals surface area contributed by atoms with Crippen LogP contribution in [0.25, 0.3) is 0 Å². The zero-order valence-corrected chi connectivity index (χ0v) is 14.2. The fourth-order valence-corrected chi connectivity index (χ4v) is 3.10. The smallest absolute Gasteiger partial charge is 0.254 e. The Kier molecular flexibility index (Phi) is 5.16. The summed E-state index contributed by atoms with van der Waals surface area (Å²) < 4.78 is 5.67. The van der Waals surface area contributed by atoms with Crippen LogP contribution in [-0.4, -0.2) is 55.1 Å². The van der Waals surface area contributed by atoms with Gasteiger partial charge in [0.2, 0.25) is 5.91 Å². The number of carbonyl (C=O) groups excluding carboxylic acids is 2. The number of nitrogens with zero attached hydrogens (tertiary/aromatic N) is 1. The zero-order valence-electron chi connectivity index (χ0n) is 14.2. The Bertz CT molecular complexity index is 588. The summed E-state index contributed by atoms with van der Waals surface area (Å²) >= 11 is 0. The van der Waals surface area contributed by atoms with E-state index >= 15 is 0 Å². The predicted octanol–water partition coefficient (Wildman–Crippen LogP) is 0.772. The van der Waals surface area contributed by atoms with Gasteiger partial charge in [0, 0.05) is 38.3 Å². The fraction of sp³-hybridized carbons (Fsp3) is 0.556. The van der Waals surface area contributed by atoms with Crippen molar-refractivity contribution in [2.45, 2.75) is 32.6 Å². The highest BCUT2D eigenvalue weighted by atomic mass is 16.5. The van der Waals surface area contributed by atoms with Crippen LogP contribution in [0.15, 0.2) is 24.3 Å². The van der Waals surface area contributed by atoms with Crippen LogP contribution >= 0.6 is 0 Å². The van der Waals surface area contributed by atoms with E-state index in [4.69, 9.17) is 4.74 Å². The first-order chi connectivity index (χ1) is 11.5. The third-order valence-electron chi connectivity index (χ3n) is 4.53. The van der Waals surface area contributed by atoms with Crippen molar-refractivity contribution in [1.29, 1.82) is 0 Å². The Morgan fingerprint density at radius 2 is 1.79 bits per heavy atom.